The number of nitriles is 2. The molecule has 0 unspecified atom stereocenters. The zero-order valence-electron chi connectivity index (χ0n) is 22.6. The Kier molecular flexibility index (Phi) is 7.98. The van der Waals surface area contributed by atoms with Crippen molar-refractivity contribution in [2.24, 2.45) is 0 Å². The van der Waals surface area contributed by atoms with Crippen molar-refractivity contribution in [2.45, 2.75) is 65.2 Å². The van der Waals surface area contributed by atoms with Crippen LogP contribution in [0.4, 0.5) is 8.78 Å². The molecule has 0 spiro atoms. The Morgan fingerprint density at radius 3 is 2.51 bits per heavy atom. The van der Waals surface area contributed by atoms with Gasteiger partial charge in [0.15, 0.2) is 0 Å². The number of aryl methyl sites for hydroxylation is 1. The van der Waals surface area contributed by atoms with Gasteiger partial charge in [-0.15, -0.1) is 0 Å². The molecule has 0 amide bonds. The number of alkyl halides is 2. The van der Waals surface area contributed by atoms with Crippen LogP contribution in [0.15, 0.2) is 60.2 Å². The molecule has 4 nitrogen and oxygen atoms in total. The average molecular weight is 525 g/mol. The summed E-state index contributed by atoms with van der Waals surface area (Å²) in [6.45, 7) is 7.80. The number of ether oxygens (including phenoxy) is 1. The van der Waals surface area contributed by atoms with Gasteiger partial charge in [0.05, 0.1) is 11.1 Å². The van der Waals surface area contributed by atoms with Crippen LogP contribution >= 0.6 is 0 Å². The number of ketones is 1. The quantitative estimate of drug-likeness (QED) is 0.296. The topological polar surface area (TPSA) is 73.9 Å². The smallest absolute Gasteiger partial charge is 0.242 e. The molecule has 0 N–H and O–H groups in total. The van der Waals surface area contributed by atoms with Crippen LogP contribution in [-0.2, 0) is 16.6 Å². The molecule has 0 fully saturated rings. The number of nitrogens with zero attached hydrogens (tertiary/aromatic N) is 2. The van der Waals surface area contributed by atoms with Crippen LogP contribution in [0, 0.1) is 22.7 Å². The molecular formula is C33H30F2N2O2. The fourth-order valence-corrected chi connectivity index (χ4v) is 4.83. The number of rotatable bonds is 8. The highest BCUT2D eigenvalue weighted by Crippen LogP contribution is 2.44. The first-order valence-corrected chi connectivity index (χ1v) is 12.9. The number of hydrogen-bond acceptors (Lipinski definition) is 4. The minimum Gasteiger partial charge on any atom is -0.457 e. The summed E-state index contributed by atoms with van der Waals surface area (Å²) in [5.41, 5.74) is 3.87. The molecule has 4 rings (SSSR count). The van der Waals surface area contributed by atoms with E-state index in [0.717, 1.165) is 16.5 Å². The Balaban J connectivity index is 1.96. The molecule has 1 aliphatic rings. The standard InChI is InChI=1S/C33H30F2N2O2/c1-20(38)8-9-21-6-5-7-27(13-21)39-29-17-26(33(2,3)4)16-24-15-25(18-36)28(19-37)31(32(24)29)23-11-10-22(12-23)14-30(34)35/h5-7,10,12-13,15-17,30H,8-9,11,14H2,1-4H3. The number of Topliss-reactive ketones (excluding diaryl/α,β-unsaturated/α-hetero) is 1. The largest absolute Gasteiger partial charge is 0.457 e. The second-order valence-corrected chi connectivity index (χ2v) is 10.9. The normalized spacial score (nSPS) is 13.2. The maximum atomic E-state index is 13.1. The van der Waals surface area contributed by atoms with E-state index in [-0.39, 0.29) is 28.7 Å². The Morgan fingerprint density at radius 2 is 1.87 bits per heavy atom. The molecule has 0 aromatic heterocycles. The van der Waals surface area contributed by atoms with Crippen molar-refractivity contribution in [1.29, 1.82) is 10.5 Å². The number of benzene rings is 3. The van der Waals surface area contributed by atoms with Gasteiger partial charge in [-0.05, 0) is 77.1 Å². The number of allylic oxidation sites excluding steroid dienone is 4. The van der Waals surface area contributed by atoms with E-state index in [1.807, 2.05) is 36.4 Å². The van der Waals surface area contributed by atoms with Crippen molar-refractivity contribution in [3.8, 4) is 23.6 Å². The number of hydrogen-bond donors (Lipinski definition) is 0. The van der Waals surface area contributed by atoms with Gasteiger partial charge >= 0.3 is 0 Å². The van der Waals surface area contributed by atoms with Gasteiger partial charge in [-0.2, -0.15) is 10.5 Å². The number of carbonyl (C=O) groups excluding carboxylic acids is 1. The molecule has 1 aliphatic carbocycles. The third-order valence-corrected chi connectivity index (χ3v) is 6.85. The Bertz CT molecular complexity index is 1600. The van der Waals surface area contributed by atoms with E-state index in [2.05, 4.69) is 32.9 Å². The van der Waals surface area contributed by atoms with E-state index in [1.54, 1.807) is 25.1 Å². The van der Waals surface area contributed by atoms with Gasteiger partial charge in [-0.1, -0.05) is 51.1 Å². The second kappa shape index (κ2) is 11.2. The van der Waals surface area contributed by atoms with Crippen LogP contribution in [0.25, 0.3) is 16.3 Å². The van der Waals surface area contributed by atoms with Crippen LogP contribution in [0.5, 0.6) is 11.5 Å². The lowest BCUT2D eigenvalue weighted by Crippen LogP contribution is -2.11. The molecule has 6 heteroatoms. The summed E-state index contributed by atoms with van der Waals surface area (Å²) in [5, 5.41) is 21.4. The first-order valence-electron chi connectivity index (χ1n) is 12.9. The van der Waals surface area contributed by atoms with Gasteiger partial charge in [0.25, 0.3) is 0 Å². The van der Waals surface area contributed by atoms with Crippen LogP contribution < -0.4 is 4.74 Å². The highest BCUT2D eigenvalue weighted by Gasteiger charge is 2.25. The van der Waals surface area contributed by atoms with E-state index >= 15 is 0 Å². The van der Waals surface area contributed by atoms with Crippen molar-refractivity contribution in [3.05, 3.63) is 88.0 Å². The molecule has 0 saturated heterocycles. The third-order valence-electron chi connectivity index (χ3n) is 6.85. The summed E-state index contributed by atoms with van der Waals surface area (Å²) in [6, 6.07) is 17.5. The summed E-state index contributed by atoms with van der Waals surface area (Å²) in [5.74, 6) is 1.20. The first-order chi connectivity index (χ1) is 18.5. The fraction of sp³-hybridized carbons (Fsp3) is 0.303. The van der Waals surface area contributed by atoms with Crippen LogP contribution in [-0.4, -0.2) is 12.2 Å². The molecule has 198 valence electrons. The van der Waals surface area contributed by atoms with E-state index < -0.39 is 6.43 Å². The summed E-state index contributed by atoms with van der Waals surface area (Å²) in [4.78, 5) is 11.5. The molecule has 0 radical (unpaired) electrons. The molecule has 0 atom stereocenters. The van der Waals surface area contributed by atoms with E-state index in [0.29, 0.717) is 52.9 Å². The van der Waals surface area contributed by atoms with Gasteiger partial charge < -0.3 is 9.53 Å². The number of fused-ring (bicyclic) bond motifs is 1. The van der Waals surface area contributed by atoms with Gasteiger partial charge in [0, 0.05) is 23.8 Å². The average Bonchev–Trinajstić information content (AvgIpc) is 3.33. The summed E-state index contributed by atoms with van der Waals surface area (Å²) >= 11 is 0. The molecule has 39 heavy (non-hydrogen) atoms. The summed E-state index contributed by atoms with van der Waals surface area (Å²) < 4.78 is 32.7. The molecular weight excluding hydrogens is 494 g/mol. The van der Waals surface area contributed by atoms with Crippen molar-refractivity contribution in [2.75, 3.05) is 0 Å². The highest BCUT2D eigenvalue weighted by atomic mass is 19.3. The van der Waals surface area contributed by atoms with E-state index in [9.17, 15) is 24.1 Å². The number of halogens is 2. The monoisotopic (exact) mass is 524 g/mol. The zero-order chi connectivity index (χ0) is 28.3. The molecule has 0 saturated carbocycles. The minimum absolute atomic E-state index is 0.108. The predicted octanol–water partition coefficient (Wildman–Crippen LogP) is 8.56. The lowest BCUT2D eigenvalue weighted by atomic mass is 9.83. The van der Waals surface area contributed by atoms with Gasteiger partial charge in [-0.25, -0.2) is 8.78 Å². The SMILES string of the molecule is CC(=O)CCc1cccc(Oc2cc(C(C)(C)C)cc3cc(C#N)c(C#N)c(C4=CC(CC(F)F)=CC4)c23)c1. The van der Waals surface area contributed by atoms with Gasteiger partial charge in [0.2, 0.25) is 6.43 Å². The van der Waals surface area contributed by atoms with Crippen molar-refractivity contribution < 1.29 is 18.3 Å². The molecule has 3 aromatic carbocycles. The zero-order valence-corrected chi connectivity index (χ0v) is 22.6. The third kappa shape index (κ3) is 6.24. The fourth-order valence-electron chi connectivity index (χ4n) is 4.83. The minimum atomic E-state index is -2.48. The maximum Gasteiger partial charge on any atom is 0.242 e. The lowest BCUT2D eigenvalue weighted by Gasteiger charge is -2.23. The molecule has 0 heterocycles. The van der Waals surface area contributed by atoms with E-state index in [4.69, 9.17) is 4.74 Å². The first kappa shape index (κ1) is 27.7. The molecule has 0 bridgehead atoms. The molecule has 0 aliphatic heterocycles. The molecule has 3 aromatic rings. The van der Waals surface area contributed by atoms with Crippen molar-refractivity contribution in [3.63, 3.8) is 0 Å². The maximum absolute atomic E-state index is 13.1. The Labute approximate surface area is 227 Å². The lowest BCUT2D eigenvalue weighted by molar-refractivity contribution is -0.116. The van der Waals surface area contributed by atoms with Crippen LogP contribution in [0.1, 0.15) is 74.8 Å². The van der Waals surface area contributed by atoms with Crippen LogP contribution in [0.2, 0.25) is 0 Å². The van der Waals surface area contributed by atoms with E-state index in [1.165, 1.54) is 0 Å². The highest BCUT2D eigenvalue weighted by molar-refractivity contribution is 6.03. The predicted molar refractivity (Wildman–Crippen MR) is 149 cm³/mol. The second-order valence-electron chi connectivity index (χ2n) is 10.9. The Morgan fingerprint density at radius 1 is 1.10 bits per heavy atom. The van der Waals surface area contributed by atoms with Gasteiger partial charge in [-0.3, -0.25) is 0 Å². The summed E-state index contributed by atoms with van der Waals surface area (Å²) in [7, 11) is 0. The van der Waals surface area contributed by atoms with Crippen LogP contribution in [0.3, 0.4) is 0 Å². The van der Waals surface area contributed by atoms with Crippen molar-refractivity contribution >= 4 is 22.1 Å². The number of carbonyl (C=O) groups is 1. The summed E-state index contributed by atoms with van der Waals surface area (Å²) in [6.07, 6.45) is 2.00. The van der Waals surface area contributed by atoms with Crippen molar-refractivity contribution in [1.82, 2.24) is 0 Å². The Hall–Kier alpha value is -4.29. The van der Waals surface area contributed by atoms with Gasteiger partial charge in [0.1, 0.15) is 29.4 Å².